The first-order valence-electron chi connectivity index (χ1n) is 9.63. The van der Waals surface area contributed by atoms with Gasteiger partial charge in [-0.2, -0.15) is 0 Å². The van der Waals surface area contributed by atoms with E-state index < -0.39 is 12.1 Å². The Balaban J connectivity index is 2.51. The van der Waals surface area contributed by atoms with Crippen LogP contribution in [0, 0.1) is 5.92 Å². The van der Waals surface area contributed by atoms with Gasteiger partial charge in [-0.1, -0.05) is 25.5 Å². The smallest absolute Gasteiger partial charge is 0.220 e. The molecule has 0 bridgehead atoms. The van der Waals surface area contributed by atoms with Crippen molar-refractivity contribution in [3.63, 3.8) is 0 Å². The van der Waals surface area contributed by atoms with E-state index in [2.05, 4.69) is 20.9 Å². The molecule has 0 saturated carbocycles. The highest BCUT2D eigenvalue weighted by atomic mass is 16.2. The molecule has 0 saturated heterocycles. The molecule has 2 N–H and O–H groups in total. The third kappa shape index (κ3) is 7.98. The van der Waals surface area contributed by atoms with Crippen LogP contribution < -0.4 is 10.6 Å². The van der Waals surface area contributed by atoms with E-state index >= 15 is 0 Å². The van der Waals surface area contributed by atoms with Gasteiger partial charge < -0.3 is 10.6 Å². The summed E-state index contributed by atoms with van der Waals surface area (Å²) in [5.41, 5.74) is 0.596. The van der Waals surface area contributed by atoms with E-state index in [1.54, 1.807) is 13.1 Å². The first kappa shape index (κ1) is 23.5. The first-order chi connectivity index (χ1) is 13.1. The van der Waals surface area contributed by atoms with Crippen molar-refractivity contribution in [1.29, 1.82) is 0 Å². The van der Waals surface area contributed by atoms with Gasteiger partial charge in [-0.3, -0.25) is 19.2 Å². The molecule has 2 amide bonds. The summed E-state index contributed by atoms with van der Waals surface area (Å²) in [6, 6.07) is -1.19. The van der Waals surface area contributed by atoms with Gasteiger partial charge in [-0.25, -0.2) is 4.68 Å². The fraction of sp³-hybridized carbons (Fsp3) is 0.684. The second-order valence-electron chi connectivity index (χ2n) is 7.18. The summed E-state index contributed by atoms with van der Waals surface area (Å²) in [6.07, 6.45) is 3.92. The number of carbonyl (C=O) groups excluding carboxylic acids is 4. The molecule has 1 aromatic heterocycles. The quantitative estimate of drug-likeness (QED) is 0.542. The summed E-state index contributed by atoms with van der Waals surface area (Å²) >= 11 is 0. The van der Waals surface area contributed by atoms with Crippen LogP contribution in [-0.2, 0) is 32.1 Å². The molecule has 0 aromatic carbocycles. The number of hydrogen-bond acceptors (Lipinski definition) is 6. The van der Waals surface area contributed by atoms with E-state index in [1.807, 2.05) is 13.8 Å². The van der Waals surface area contributed by atoms with Crippen LogP contribution in [0.25, 0.3) is 0 Å². The first-order valence-corrected chi connectivity index (χ1v) is 9.63. The highest BCUT2D eigenvalue weighted by molar-refractivity contribution is 5.90. The molecule has 0 radical (unpaired) electrons. The maximum Gasteiger partial charge on any atom is 0.220 e. The lowest BCUT2D eigenvalue weighted by Gasteiger charge is -2.17. The summed E-state index contributed by atoms with van der Waals surface area (Å²) in [4.78, 5) is 47.0. The van der Waals surface area contributed by atoms with Crippen molar-refractivity contribution < 1.29 is 19.2 Å². The third-order valence-electron chi connectivity index (χ3n) is 4.44. The fourth-order valence-corrected chi connectivity index (χ4v) is 2.88. The minimum Gasteiger partial charge on any atom is -0.347 e. The monoisotopic (exact) mass is 393 g/mol. The Morgan fingerprint density at radius 1 is 1.14 bits per heavy atom. The molecule has 0 fully saturated rings. The molecule has 0 aliphatic heterocycles. The van der Waals surface area contributed by atoms with E-state index in [1.165, 1.54) is 18.5 Å². The fourth-order valence-electron chi connectivity index (χ4n) is 2.88. The zero-order valence-electron chi connectivity index (χ0n) is 17.3. The Hall–Kier alpha value is -2.58. The Kier molecular flexibility index (Phi) is 9.47. The molecule has 1 rings (SSSR count). The maximum absolute atomic E-state index is 12.2. The van der Waals surface area contributed by atoms with Gasteiger partial charge >= 0.3 is 0 Å². The van der Waals surface area contributed by atoms with Crippen molar-refractivity contribution in [3.05, 3.63) is 11.9 Å². The van der Waals surface area contributed by atoms with Crippen molar-refractivity contribution >= 4 is 23.4 Å². The van der Waals surface area contributed by atoms with Crippen molar-refractivity contribution in [2.45, 2.75) is 78.9 Å². The molecule has 9 heteroatoms. The van der Waals surface area contributed by atoms with Crippen molar-refractivity contribution in [1.82, 2.24) is 25.6 Å². The van der Waals surface area contributed by atoms with Gasteiger partial charge in [0.15, 0.2) is 11.6 Å². The Morgan fingerprint density at radius 3 is 2.39 bits per heavy atom. The topological polar surface area (TPSA) is 123 Å². The van der Waals surface area contributed by atoms with Gasteiger partial charge in [0.25, 0.3) is 0 Å². The molecule has 28 heavy (non-hydrogen) atoms. The number of aromatic nitrogens is 3. The summed E-state index contributed by atoms with van der Waals surface area (Å²) in [6.45, 7) is 8.52. The normalized spacial score (nSPS) is 14.0. The summed E-state index contributed by atoms with van der Waals surface area (Å²) in [7, 11) is 0. The average molecular weight is 393 g/mol. The number of ketones is 2. The predicted octanol–water partition coefficient (Wildman–Crippen LogP) is 0.814. The lowest BCUT2D eigenvalue weighted by atomic mass is 9.96. The SMILES string of the molecule is CCCC(C)C(=O)[C@H](C)NC(=O)CCc1cn(C[C@@H](NC(C)=O)C(C)=O)nn1. The molecule has 0 aliphatic rings. The van der Waals surface area contributed by atoms with Gasteiger partial charge in [0, 0.05) is 31.9 Å². The molecular weight excluding hydrogens is 362 g/mol. The second-order valence-corrected chi connectivity index (χ2v) is 7.18. The van der Waals surface area contributed by atoms with Crippen LogP contribution in [0.1, 0.15) is 59.6 Å². The van der Waals surface area contributed by atoms with Crippen LogP contribution in [0.15, 0.2) is 6.20 Å². The zero-order valence-corrected chi connectivity index (χ0v) is 17.3. The minimum absolute atomic E-state index is 0.0365. The van der Waals surface area contributed by atoms with Crippen molar-refractivity contribution in [2.75, 3.05) is 0 Å². The molecular formula is C19H31N5O4. The van der Waals surface area contributed by atoms with Gasteiger partial charge in [-0.15, -0.1) is 5.10 Å². The van der Waals surface area contributed by atoms with Gasteiger partial charge in [0.2, 0.25) is 11.8 Å². The van der Waals surface area contributed by atoms with Gasteiger partial charge in [0.1, 0.15) is 6.04 Å². The minimum atomic E-state index is -0.674. The maximum atomic E-state index is 12.2. The van der Waals surface area contributed by atoms with Crippen LogP contribution in [0.5, 0.6) is 0 Å². The lowest BCUT2D eigenvalue weighted by Crippen LogP contribution is -2.41. The number of amides is 2. The van der Waals surface area contributed by atoms with Crippen LogP contribution in [0.2, 0.25) is 0 Å². The summed E-state index contributed by atoms with van der Waals surface area (Å²) in [5, 5.41) is 13.2. The number of nitrogens with zero attached hydrogens (tertiary/aromatic N) is 3. The van der Waals surface area contributed by atoms with Gasteiger partial charge in [0.05, 0.1) is 18.3 Å². The third-order valence-corrected chi connectivity index (χ3v) is 4.44. The molecule has 1 aromatic rings. The molecule has 9 nitrogen and oxygen atoms in total. The summed E-state index contributed by atoms with van der Waals surface area (Å²) in [5.74, 6) is -0.733. The number of hydrogen-bond donors (Lipinski definition) is 2. The van der Waals surface area contributed by atoms with E-state index in [4.69, 9.17) is 0 Å². The van der Waals surface area contributed by atoms with Crippen molar-refractivity contribution in [3.8, 4) is 0 Å². The lowest BCUT2D eigenvalue weighted by molar-refractivity contribution is -0.129. The second kappa shape index (κ2) is 11.3. The Morgan fingerprint density at radius 2 is 1.82 bits per heavy atom. The van der Waals surface area contributed by atoms with E-state index in [0.717, 1.165) is 12.8 Å². The predicted molar refractivity (Wildman–Crippen MR) is 103 cm³/mol. The highest BCUT2D eigenvalue weighted by Gasteiger charge is 2.21. The molecule has 0 spiro atoms. The number of carbonyl (C=O) groups is 4. The Labute approximate surface area is 165 Å². The number of aryl methyl sites for hydroxylation is 1. The number of Topliss-reactive ketones (excluding diaryl/α,β-unsaturated/α-hetero) is 2. The Bertz CT molecular complexity index is 700. The van der Waals surface area contributed by atoms with E-state index in [9.17, 15) is 19.2 Å². The van der Waals surface area contributed by atoms with Crippen LogP contribution in [0.4, 0.5) is 0 Å². The number of nitrogens with one attached hydrogen (secondary N) is 2. The molecule has 1 unspecified atom stereocenters. The van der Waals surface area contributed by atoms with Crippen LogP contribution in [0.3, 0.4) is 0 Å². The highest BCUT2D eigenvalue weighted by Crippen LogP contribution is 2.09. The summed E-state index contributed by atoms with van der Waals surface area (Å²) < 4.78 is 1.47. The van der Waals surface area contributed by atoms with Gasteiger partial charge in [-0.05, 0) is 20.3 Å². The largest absolute Gasteiger partial charge is 0.347 e. The average Bonchev–Trinajstić information content (AvgIpc) is 3.06. The molecule has 1 heterocycles. The van der Waals surface area contributed by atoms with E-state index in [-0.39, 0.29) is 42.3 Å². The van der Waals surface area contributed by atoms with Crippen LogP contribution >= 0.6 is 0 Å². The van der Waals surface area contributed by atoms with Crippen molar-refractivity contribution in [2.24, 2.45) is 5.92 Å². The number of rotatable bonds is 12. The molecule has 156 valence electrons. The molecule has 3 atom stereocenters. The van der Waals surface area contributed by atoms with Crippen LogP contribution in [-0.4, -0.2) is 50.5 Å². The van der Waals surface area contributed by atoms with E-state index in [0.29, 0.717) is 12.1 Å². The zero-order chi connectivity index (χ0) is 21.3. The standard InChI is InChI=1S/C19H31N5O4/c1-6-7-12(2)19(28)13(3)20-18(27)9-8-16-10-24(23-22-16)11-17(14(4)25)21-15(5)26/h10,12-13,17H,6-9,11H2,1-5H3,(H,20,27)(H,21,26)/t12?,13-,17+/m0/s1. The molecule has 0 aliphatic carbocycles.